The van der Waals surface area contributed by atoms with Crippen LogP contribution in [-0.4, -0.2) is 97.9 Å². The standard InChI is InChI=1S/C34H36N2O17/c1-6-14-45-15-13-35-32(41)26-16-23(17-47-34(42)51-25-10-8-24(9-11-25)36(43)44)7-12-27(26)52-33-31(50-22(5)40)30(49-21(4)39)29(48-20(3)38)28(53-33)18-46-19(2)37/h1,7-12,16,28-31,33H,13-15,17-18H2,2-5H3,(H,35,41)/t28-,29?,30?,31-,33?/m1/s1. The average molecular weight is 745 g/mol. The van der Waals surface area contributed by atoms with Gasteiger partial charge in [0.25, 0.3) is 11.6 Å². The molecule has 0 bridgehead atoms. The summed E-state index contributed by atoms with van der Waals surface area (Å²) in [7, 11) is 0. The number of esters is 4. The number of carbonyl (C=O) groups excluding carboxylic acids is 6. The first-order valence-corrected chi connectivity index (χ1v) is 15.7. The molecule has 1 fully saturated rings. The van der Waals surface area contributed by atoms with Crippen LogP contribution >= 0.6 is 0 Å². The van der Waals surface area contributed by atoms with Gasteiger partial charge in [-0.05, 0) is 29.8 Å². The maximum Gasteiger partial charge on any atom is 0.514 e. The summed E-state index contributed by atoms with van der Waals surface area (Å²) >= 11 is 0. The summed E-state index contributed by atoms with van der Waals surface area (Å²) in [6.07, 6.45) is -3.56. The van der Waals surface area contributed by atoms with Crippen LogP contribution in [-0.2, 0) is 58.9 Å². The number of carbonyl (C=O) groups is 6. The number of benzene rings is 2. The molecular weight excluding hydrogens is 708 g/mol. The lowest BCUT2D eigenvalue weighted by Gasteiger charge is -2.44. The molecular formula is C34H36N2O17. The molecule has 1 heterocycles. The predicted molar refractivity (Wildman–Crippen MR) is 175 cm³/mol. The van der Waals surface area contributed by atoms with E-state index in [2.05, 4.69) is 11.2 Å². The number of hydrogen-bond acceptors (Lipinski definition) is 17. The van der Waals surface area contributed by atoms with E-state index in [4.69, 9.17) is 49.1 Å². The Morgan fingerprint density at radius 2 is 1.51 bits per heavy atom. The lowest BCUT2D eigenvalue weighted by Crippen LogP contribution is -2.63. The van der Waals surface area contributed by atoms with Crippen LogP contribution in [0.4, 0.5) is 10.5 Å². The molecule has 0 aromatic heterocycles. The smallest absolute Gasteiger partial charge is 0.463 e. The van der Waals surface area contributed by atoms with Crippen LogP contribution in [0.15, 0.2) is 42.5 Å². The van der Waals surface area contributed by atoms with E-state index in [1.54, 1.807) is 0 Å². The Bertz CT molecular complexity index is 1700. The SMILES string of the molecule is C#CCOCCNC(=O)c1cc(COC(=O)Oc2ccc([N+](=O)[O-])cc2)ccc1OC1O[C@H](COC(C)=O)C(OC(C)=O)C(OC(C)=O)[C@H]1OC(C)=O. The maximum atomic E-state index is 13.5. The Balaban J connectivity index is 1.95. The van der Waals surface area contributed by atoms with Crippen molar-refractivity contribution in [2.75, 3.05) is 26.4 Å². The molecule has 0 spiro atoms. The zero-order valence-corrected chi connectivity index (χ0v) is 28.9. The minimum absolute atomic E-state index is 0.00129. The van der Waals surface area contributed by atoms with Crippen molar-refractivity contribution in [2.45, 2.75) is 65.0 Å². The number of nitrogens with one attached hydrogen (secondary N) is 1. The highest BCUT2D eigenvalue weighted by atomic mass is 16.7. The number of nitrogens with zero attached hydrogens (tertiary/aromatic N) is 1. The Morgan fingerprint density at radius 3 is 2.11 bits per heavy atom. The number of amides is 1. The second-order valence-corrected chi connectivity index (χ2v) is 10.9. The summed E-state index contributed by atoms with van der Waals surface area (Å²) in [5.41, 5.74) is -0.113. The van der Waals surface area contributed by atoms with E-state index in [0.29, 0.717) is 0 Å². The van der Waals surface area contributed by atoms with Gasteiger partial charge in [-0.15, -0.1) is 6.42 Å². The van der Waals surface area contributed by atoms with Gasteiger partial charge in [0.2, 0.25) is 12.4 Å². The summed E-state index contributed by atoms with van der Waals surface area (Å²) in [5, 5.41) is 13.5. The van der Waals surface area contributed by atoms with Gasteiger partial charge in [0.05, 0.1) is 17.1 Å². The third-order valence-corrected chi connectivity index (χ3v) is 6.80. The Kier molecular flexibility index (Phi) is 15.5. The second kappa shape index (κ2) is 20.0. The fourth-order valence-corrected chi connectivity index (χ4v) is 4.72. The van der Waals surface area contributed by atoms with Crippen molar-refractivity contribution in [3.05, 3.63) is 63.7 Å². The van der Waals surface area contributed by atoms with Crippen molar-refractivity contribution in [1.29, 1.82) is 0 Å². The Hall–Kier alpha value is -6.26. The number of nitro benzene ring substituents is 1. The molecule has 19 heteroatoms. The molecule has 284 valence electrons. The predicted octanol–water partition coefficient (Wildman–Crippen LogP) is 2.15. The first kappa shape index (κ1) is 41.2. The molecule has 1 aliphatic rings. The largest absolute Gasteiger partial charge is 0.514 e. The molecule has 1 N–H and O–H groups in total. The molecule has 0 saturated carbocycles. The molecule has 3 unspecified atom stereocenters. The highest BCUT2D eigenvalue weighted by Crippen LogP contribution is 2.32. The Labute approximate surface area is 302 Å². The van der Waals surface area contributed by atoms with Gasteiger partial charge in [-0.2, -0.15) is 0 Å². The number of hydrogen-bond donors (Lipinski definition) is 1. The number of non-ortho nitro benzene ring substituents is 1. The first-order valence-electron chi connectivity index (χ1n) is 15.7. The van der Waals surface area contributed by atoms with E-state index in [9.17, 15) is 38.9 Å². The van der Waals surface area contributed by atoms with Gasteiger partial charge in [-0.3, -0.25) is 34.1 Å². The lowest BCUT2D eigenvalue weighted by atomic mass is 9.98. The summed E-state index contributed by atoms with van der Waals surface area (Å²) in [4.78, 5) is 84.2. The van der Waals surface area contributed by atoms with Gasteiger partial charge < -0.3 is 47.9 Å². The van der Waals surface area contributed by atoms with Crippen LogP contribution in [0.3, 0.4) is 0 Å². The lowest BCUT2D eigenvalue weighted by molar-refractivity contribution is -0.384. The van der Waals surface area contributed by atoms with E-state index in [0.717, 1.165) is 39.8 Å². The zero-order valence-electron chi connectivity index (χ0n) is 28.9. The van der Waals surface area contributed by atoms with Gasteiger partial charge >= 0.3 is 30.0 Å². The van der Waals surface area contributed by atoms with E-state index in [1.165, 1.54) is 30.3 Å². The minimum Gasteiger partial charge on any atom is -0.463 e. The van der Waals surface area contributed by atoms with Crippen molar-refractivity contribution in [3.8, 4) is 23.8 Å². The van der Waals surface area contributed by atoms with E-state index >= 15 is 0 Å². The van der Waals surface area contributed by atoms with Gasteiger partial charge in [0, 0.05) is 46.4 Å². The van der Waals surface area contributed by atoms with Gasteiger partial charge in [-0.1, -0.05) is 12.0 Å². The van der Waals surface area contributed by atoms with Crippen LogP contribution in [0.25, 0.3) is 0 Å². The Morgan fingerprint density at radius 1 is 0.868 bits per heavy atom. The minimum atomic E-state index is -1.67. The zero-order chi connectivity index (χ0) is 39.1. The second-order valence-electron chi connectivity index (χ2n) is 10.9. The third kappa shape index (κ3) is 13.1. The molecule has 2 aromatic rings. The fourth-order valence-electron chi connectivity index (χ4n) is 4.72. The van der Waals surface area contributed by atoms with E-state index < -0.39 is 84.8 Å². The average Bonchev–Trinajstić information content (AvgIpc) is 3.09. The van der Waals surface area contributed by atoms with Gasteiger partial charge in [0.15, 0.2) is 12.2 Å². The van der Waals surface area contributed by atoms with Gasteiger partial charge in [0.1, 0.15) is 37.4 Å². The third-order valence-electron chi connectivity index (χ3n) is 6.80. The van der Waals surface area contributed by atoms with Crippen molar-refractivity contribution < 1.29 is 76.3 Å². The van der Waals surface area contributed by atoms with Crippen LogP contribution < -0.4 is 14.8 Å². The van der Waals surface area contributed by atoms with Crippen molar-refractivity contribution in [2.24, 2.45) is 0 Å². The summed E-state index contributed by atoms with van der Waals surface area (Å²) < 4.78 is 48.8. The fraction of sp³-hybridized carbons (Fsp3) is 0.412. The molecule has 19 nitrogen and oxygen atoms in total. The first-order chi connectivity index (χ1) is 25.2. The molecule has 1 amide bonds. The molecule has 53 heavy (non-hydrogen) atoms. The van der Waals surface area contributed by atoms with E-state index in [1.807, 2.05) is 0 Å². The maximum absolute atomic E-state index is 13.5. The molecule has 0 radical (unpaired) electrons. The van der Waals surface area contributed by atoms with Crippen LogP contribution in [0.1, 0.15) is 43.6 Å². The monoisotopic (exact) mass is 744 g/mol. The van der Waals surface area contributed by atoms with Crippen LogP contribution in [0, 0.1) is 22.5 Å². The van der Waals surface area contributed by atoms with Crippen LogP contribution in [0.2, 0.25) is 0 Å². The molecule has 2 aromatic carbocycles. The number of ether oxygens (including phenoxy) is 9. The van der Waals surface area contributed by atoms with Gasteiger partial charge in [-0.25, -0.2) is 4.79 Å². The number of rotatable bonds is 16. The number of terminal acetylenes is 1. The molecule has 1 aliphatic heterocycles. The van der Waals surface area contributed by atoms with Crippen molar-refractivity contribution in [3.63, 3.8) is 0 Å². The molecule has 5 atom stereocenters. The summed E-state index contributed by atoms with van der Waals surface area (Å²) in [6, 6.07) is 8.69. The molecule has 0 aliphatic carbocycles. The topological polar surface area (TPSA) is 241 Å². The number of nitro groups is 1. The normalized spacial score (nSPS) is 19.0. The summed E-state index contributed by atoms with van der Waals surface area (Å²) in [5.74, 6) is -1.92. The highest BCUT2D eigenvalue weighted by molar-refractivity contribution is 5.97. The van der Waals surface area contributed by atoms with Crippen molar-refractivity contribution in [1.82, 2.24) is 5.32 Å². The van der Waals surface area contributed by atoms with E-state index in [-0.39, 0.29) is 48.1 Å². The molecule has 1 saturated heterocycles. The van der Waals surface area contributed by atoms with Crippen molar-refractivity contribution >= 4 is 41.6 Å². The highest BCUT2D eigenvalue weighted by Gasteiger charge is 2.53. The van der Waals surface area contributed by atoms with Crippen LogP contribution in [0.5, 0.6) is 11.5 Å². The quantitative estimate of drug-likeness (QED) is 0.0492. The molecule has 3 rings (SSSR count). The summed E-state index contributed by atoms with van der Waals surface area (Å²) in [6.45, 7) is 3.40.